The van der Waals surface area contributed by atoms with Gasteiger partial charge in [0.1, 0.15) is 11.6 Å². The quantitative estimate of drug-likeness (QED) is 0.699. The van der Waals surface area contributed by atoms with Gasteiger partial charge in [-0.2, -0.15) is 0 Å². The van der Waals surface area contributed by atoms with Crippen molar-refractivity contribution >= 4 is 16.7 Å². The van der Waals surface area contributed by atoms with E-state index in [2.05, 4.69) is 49.8 Å². The van der Waals surface area contributed by atoms with Gasteiger partial charge < -0.3 is 15.5 Å². The average Bonchev–Trinajstić information content (AvgIpc) is 2.89. The Balaban J connectivity index is 1.94. The Morgan fingerprint density at radius 1 is 1.13 bits per heavy atom. The molecule has 0 spiro atoms. The molecule has 1 heterocycles. The van der Waals surface area contributed by atoms with Crippen LogP contribution in [0.2, 0.25) is 0 Å². The van der Waals surface area contributed by atoms with E-state index in [0.717, 1.165) is 28.2 Å². The summed E-state index contributed by atoms with van der Waals surface area (Å²) in [5, 5.41) is 0. The second-order valence-electron chi connectivity index (χ2n) is 6.50. The maximum absolute atomic E-state index is 6.12. The standard InChI is InChI=1S/C19H23N3O/c1-11(2)10-23-18-6-5-14(9-15(18)20)19-21-16-7-12(3)13(4)8-17(16)22-19/h5-9,11H,10,20H2,1-4H3,(H,21,22). The summed E-state index contributed by atoms with van der Waals surface area (Å²) >= 11 is 0. The van der Waals surface area contributed by atoms with Crippen LogP contribution in [-0.2, 0) is 0 Å². The van der Waals surface area contributed by atoms with Crippen LogP contribution in [0.5, 0.6) is 5.75 Å². The number of fused-ring (bicyclic) bond motifs is 1. The number of aromatic nitrogens is 2. The number of nitrogens with two attached hydrogens (primary N) is 1. The molecule has 0 amide bonds. The van der Waals surface area contributed by atoms with Crippen molar-refractivity contribution in [3.63, 3.8) is 0 Å². The molecule has 0 saturated carbocycles. The van der Waals surface area contributed by atoms with Crippen LogP contribution in [0.3, 0.4) is 0 Å². The van der Waals surface area contributed by atoms with E-state index in [1.165, 1.54) is 11.1 Å². The Morgan fingerprint density at radius 3 is 2.57 bits per heavy atom. The molecule has 1 aromatic heterocycles. The van der Waals surface area contributed by atoms with Gasteiger partial charge in [-0.25, -0.2) is 4.98 Å². The third kappa shape index (κ3) is 3.16. The Morgan fingerprint density at radius 2 is 1.87 bits per heavy atom. The van der Waals surface area contributed by atoms with E-state index in [-0.39, 0.29) is 0 Å². The van der Waals surface area contributed by atoms with Gasteiger partial charge in [0.15, 0.2) is 0 Å². The van der Waals surface area contributed by atoms with E-state index >= 15 is 0 Å². The van der Waals surface area contributed by atoms with Gasteiger partial charge in [0.05, 0.1) is 23.3 Å². The number of hydrogen-bond acceptors (Lipinski definition) is 3. The minimum Gasteiger partial charge on any atom is -0.491 e. The van der Waals surface area contributed by atoms with Gasteiger partial charge >= 0.3 is 0 Å². The van der Waals surface area contributed by atoms with Crippen LogP contribution in [0.15, 0.2) is 30.3 Å². The van der Waals surface area contributed by atoms with Gasteiger partial charge in [-0.05, 0) is 61.2 Å². The first-order valence-electron chi connectivity index (χ1n) is 7.93. The Labute approximate surface area is 136 Å². The highest BCUT2D eigenvalue weighted by atomic mass is 16.5. The first kappa shape index (κ1) is 15.4. The highest BCUT2D eigenvalue weighted by Gasteiger charge is 2.09. The molecule has 4 nitrogen and oxygen atoms in total. The van der Waals surface area contributed by atoms with Crippen molar-refractivity contribution < 1.29 is 4.74 Å². The second kappa shape index (κ2) is 5.95. The summed E-state index contributed by atoms with van der Waals surface area (Å²) in [6.45, 7) is 9.09. The fourth-order valence-electron chi connectivity index (χ4n) is 2.49. The number of H-pyrrole nitrogens is 1. The van der Waals surface area contributed by atoms with Crippen LogP contribution < -0.4 is 10.5 Å². The summed E-state index contributed by atoms with van der Waals surface area (Å²) in [5.74, 6) is 2.02. The van der Waals surface area contributed by atoms with Crippen molar-refractivity contribution in [1.82, 2.24) is 9.97 Å². The van der Waals surface area contributed by atoms with Crippen molar-refractivity contribution in [1.29, 1.82) is 0 Å². The molecule has 0 atom stereocenters. The predicted octanol–water partition coefficient (Wildman–Crippen LogP) is 4.46. The van der Waals surface area contributed by atoms with Gasteiger partial charge in [-0.3, -0.25) is 0 Å². The number of rotatable bonds is 4. The number of ether oxygens (including phenoxy) is 1. The Kier molecular flexibility index (Phi) is 3.99. The number of aryl methyl sites for hydroxylation is 2. The molecule has 4 heteroatoms. The number of benzene rings is 2. The summed E-state index contributed by atoms with van der Waals surface area (Å²) < 4.78 is 5.72. The fourth-order valence-corrected chi connectivity index (χ4v) is 2.49. The van der Waals surface area contributed by atoms with Gasteiger partial charge in [0, 0.05) is 5.56 Å². The van der Waals surface area contributed by atoms with E-state index in [9.17, 15) is 0 Å². The zero-order chi connectivity index (χ0) is 16.6. The van der Waals surface area contributed by atoms with Crippen LogP contribution >= 0.6 is 0 Å². The van der Waals surface area contributed by atoms with Crippen LogP contribution in [0.4, 0.5) is 5.69 Å². The molecule has 120 valence electrons. The zero-order valence-electron chi connectivity index (χ0n) is 14.1. The lowest BCUT2D eigenvalue weighted by atomic mass is 10.1. The third-order valence-electron chi connectivity index (χ3n) is 3.95. The number of aromatic amines is 1. The second-order valence-corrected chi connectivity index (χ2v) is 6.50. The smallest absolute Gasteiger partial charge is 0.142 e. The van der Waals surface area contributed by atoms with Crippen molar-refractivity contribution in [2.24, 2.45) is 5.92 Å². The largest absolute Gasteiger partial charge is 0.491 e. The summed E-state index contributed by atoms with van der Waals surface area (Å²) in [5.41, 5.74) is 12.2. The molecule has 0 fully saturated rings. The molecule has 3 N–H and O–H groups in total. The van der Waals surface area contributed by atoms with Gasteiger partial charge in [0.25, 0.3) is 0 Å². The van der Waals surface area contributed by atoms with E-state index in [1.54, 1.807) is 0 Å². The minimum absolute atomic E-state index is 0.468. The molecule has 2 aromatic carbocycles. The molecular weight excluding hydrogens is 286 g/mol. The molecular formula is C19H23N3O. The number of hydrogen-bond donors (Lipinski definition) is 2. The van der Waals surface area contributed by atoms with Crippen LogP contribution in [0.25, 0.3) is 22.4 Å². The normalized spacial score (nSPS) is 11.3. The molecule has 0 aliphatic heterocycles. The summed E-state index contributed by atoms with van der Waals surface area (Å²) in [6.07, 6.45) is 0. The number of nitrogens with one attached hydrogen (secondary N) is 1. The van der Waals surface area contributed by atoms with E-state index in [0.29, 0.717) is 18.2 Å². The first-order chi connectivity index (χ1) is 10.9. The number of anilines is 1. The summed E-state index contributed by atoms with van der Waals surface area (Å²) in [4.78, 5) is 8.05. The molecule has 0 aliphatic rings. The lowest BCUT2D eigenvalue weighted by molar-refractivity contribution is 0.272. The van der Waals surface area contributed by atoms with Gasteiger partial charge in [-0.1, -0.05) is 13.8 Å². The Bertz CT molecular complexity index is 810. The fraction of sp³-hybridized carbons (Fsp3) is 0.316. The van der Waals surface area contributed by atoms with Crippen LogP contribution in [-0.4, -0.2) is 16.6 Å². The highest BCUT2D eigenvalue weighted by molar-refractivity contribution is 5.81. The van der Waals surface area contributed by atoms with E-state index < -0.39 is 0 Å². The SMILES string of the molecule is Cc1cc2nc(-c3ccc(OCC(C)C)c(N)c3)[nH]c2cc1C. The highest BCUT2D eigenvalue weighted by Crippen LogP contribution is 2.29. The molecule has 3 rings (SSSR count). The van der Waals surface area contributed by atoms with Crippen LogP contribution in [0.1, 0.15) is 25.0 Å². The number of nitrogens with zero attached hydrogens (tertiary/aromatic N) is 1. The van der Waals surface area contributed by atoms with Crippen molar-refractivity contribution in [3.05, 3.63) is 41.5 Å². The third-order valence-corrected chi connectivity index (χ3v) is 3.95. The molecule has 3 aromatic rings. The summed E-state index contributed by atoms with van der Waals surface area (Å²) in [6, 6.07) is 10.0. The molecule has 0 bridgehead atoms. The number of imidazole rings is 1. The lowest BCUT2D eigenvalue weighted by Gasteiger charge is -2.11. The Hall–Kier alpha value is -2.49. The first-order valence-corrected chi connectivity index (χ1v) is 7.93. The van der Waals surface area contributed by atoms with Crippen molar-refractivity contribution in [2.75, 3.05) is 12.3 Å². The van der Waals surface area contributed by atoms with Gasteiger partial charge in [0.2, 0.25) is 0 Å². The molecule has 0 aliphatic carbocycles. The zero-order valence-corrected chi connectivity index (χ0v) is 14.1. The maximum atomic E-state index is 6.12. The average molecular weight is 309 g/mol. The maximum Gasteiger partial charge on any atom is 0.142 e. The number of nitrogen functional groups attached to an aromatic ring is 1. The van der Waals surface area contributed by atoms with Gasteiger partial charge in [-0.15, -0.1) is 0 Å². The van der Waals surface area contributed by atoms with Crippen LogP contribution in [0, 0.1) is 19.8 Å². The van der Waals surface area contributed by atoms with E-state index in [1.807, 2.05) is 18.2 Å². The van der Waals surface area contributed by atoms with Crippen molar-refractivity contribution in [3.8, 4) is 17.1 Å². The minimum atomic E-state index is 0.468. The van der Waals surface area contributed by atoms with E-state index in [4.69, 9.17) is 10.5 Å². The monoisotopic (exact) mass is 309 g/mol. The van der Waals surface area contributed by atoms with Crippen molar-refractivity contribution in [2.45, 2.75) is 27.7 Å². The predicted molar refractivity (Wildman–Crippen MR) is 95.7 cm³/mol. The molecule has 23 heavy (non-hydrogen) atoms. The molecule has 0 unspecified atom stereocenters. The topological polar surface area (TPSA) is 63.9 Å². The molecule has 0 saturated heterocycles. The lowest BCUT2D eigenvalue weighted by Crippen LogP contribution is -2.06. The summed E-state index contributed by atoms with van der Waals surface area (Å²) in [7, 11) is 0. The molecule has 0 radical (unpaired) electrons.